The van der Waals surface area contributed by atoms with Crippen molar-refractivity contribution in [2.75, 3.05) is 18.0 Å². The van der Waals surface area contributed by atoms with Crippen LogP contribution < -0.4 is 10.2 Å². The summed E-state index contributed by atoms with van der Waals surface area (Å²) in [7, 11) is 0. The van der Waals surface area contributed by atoms with Crippen LogP contribution in [0.1, 0.15) is 76.0 Å². The van der Waals surface area contributed by atoms with Crippen LogP contribution in [-0.4, -0.2) is 52.7 Å². The molecule has 0 spiro atoms. The second-order valence-corrected chi connectivity index (χ2v) is 10.2. The van der Waals surface area contributed by atoms with Gasteiger partial charge >= 0.3 is 5.97 Å². The summed E-state index contributed by atoms with van der Waals surface area (Å²) in [5.41, 5.74) is 5.23. The number of hydrogen-bond acceptors (Lipinski definition) is 5. The molecule has 0 atom stereocenters. The van der Waals surface area contributed by atoms with Crippen LogP contribution in [0.25, 0.3) is 12.2 Å². The smallest absolute Gasteiger partial charge is 0.303 e. The van der Waals surface area contributed by atoms with Crippen LogP contribution in [0.5, 0.6) is 0 Å². The maximum atomic E-state index is 13.1. The molecule has 0 unspecified atom stereocenters. The summed E-state index contributed by atoms with van der Waals surface area (Å²) in [5, 5.41) is 10.6. The lowest BCUT2D eigenvalue weighted by Crippen LogP contribution is -2.37. The Bertz CT molecular complexity index is 1370. The molecule has 9 nitrogen and oxygen atoms in total. The highest BCUT2D eigenvalue weighted by Crippen LogP contribution is 2.29. The van der Waals surface area contributed by atoms with E-state index in [9.17, 15) is 24.0 Å². The van der Waals surface area contributed by atoms with Crippen molar-refractivity contribution in [1.82, 2.24) is 10.2 Å². The molecule has 0 aliphatic carbocycles. The van der Waals surface area contributed by atoms with Gasteiger partial charge in [0.1, 0.15) is 0 Å². The third kappa shape index (κ3) is 11.5. The molecule has 4 amide bonds. The van der Waals surface area contributed by atoms with Gasteiger partial charge < -0.3 is 15.3 Å². The van der Waals surface area contributed by atoms with E-state index < -0.39 is 17.8 Å². The number of fused-ring (bicyclic) bond motifs is 2. The van der Waals surface area contributed by atoms with Crippen LogP contribution in [0, 0.1) is 0 Å². The lowest BCUT2D eigenvalue weighted by molar-refractivity contribution is -0.138. The second kappa shape index (κ2) is 18.7. The molecule has 0 radical (unpaired) electrons. The van der Waals surface area contributed by atoms with Gasteiger partial charge in [-0.3, -0.25) is 28.9 Å². The Morgan fingerprint density at radius 3 is 1.98 bits per heavy atom. The summed E-state index contributed by atoms with van der Waals surface area (Å²) in [5.74, 6) is -1.95. The minimum Gasteiger partial charge on any atom is -0.481 e. The molecule has 2 N–H and O–H groups in total. The highest BCUT2D eigenvalue weighted by Gasteiger charge is 2.24. The summed E-state index contributed by atoms with van der Waals surface area (Å²) in [6.45, 7) is 10.5. The molecule has 2 aliphatic rings. The van der Waals surface area contributed by atoms with E-state index in [4.69, 9.17) is 5.11 Å². The second-order valence-electron chi connectivity index (χ2n) is 10.2. The number of aliphatic carboxylic acids is 1. The van der Waals surface area contributed by atoms with E-state index in [1.54, 1.807) is 4.90 Å². The molecule has 0 saturated heterocycles. The predicted octanol–water partition coefficient (Wildman–Crippen LogP) is 5.76. The zero-order valence-corrected chi connectivity index (χ0v) is 25.9. The Balaban J connectivity index is 0.000000477. The van der Waals surface area contributed by atoms with Crippen molar-refractivity contribution in [3.8, 4) is 0 Å². The molecule has 44 heavy (non-hydrogen) atoms. The Morgan fingerprint density at radius 2 is 1.41 bits per heavy atom. The van der Waals surface area contributed by atoms with Crippen molar-refractivity contribution < 1.29 is 29.1 Å². The van der Waals surface area contributed by atoms with Gasteiger partial charge in [-0.2, -0.15) is 0 Å². The zero-order valence-electron chi connectivity index (χ0n) is 25.9. The number of nitrogens with zero attached hydrogens (tertiary/aromatic N) is 2. The van der Waals surface area contributed by atoms with Crippen LogP contribution >= 0.6 is 0 Å². The van der Waals surface area contributed by atoms with Gasteiger partial charge in [-0.05, 0) is 42.0 Å². The number of carbonyl (C=O) groups is 5. The first kappa shape index (κ1) is 35.4. The number of nitrogens with one attached hydrogen (secondary N) is 1. The molecule has 9 heteroatoms. The fraction of sp³-hybridized carbons (Fsp3) is 0.343. The maximum Gasteiger partial charge on any atom is 0.303 e. The average molecular weight is 602 g/mol. The summed E-state index contributed by atoms with van der Waals surface area (Å²) >= 11 is 0. The lowest BCUT2D eigenvalue weighted by Gasteiger charge is -2.27. The first-order chi connectivity index (χ1) is 21.1. The molecular weight excluding hydrogens is 558 g/mol. The van der Waals surface area contributed by atoms with Gasteiger partial charge in [0, 0.05) is 44.5 Å². The Kier molecular flexibility index (Phi) is 15.0. The van der Waals surface area contributed by atoms with Crippen molar-refractivity contribution in [1.29, 1.82) is 0 Å². The molecule has 0 fully saturated rings. The lowest BCUT2D eigenvalue weighted by atomic mass is 10.0. The number of amides is 4. The number of anilines is 1. The first-order valence-corrected chi connectivity index (χ1v) is 14.9. The molecular formula is C35H43N3O6. The zero-order chi connectivity index (χ0) is 32.5. The van der Waals surface area contributed by atoms with E-state index in [1.807, 2.05) is 61.5 Å². The van der Waals surface area contributed by atoms with E-state index in [-0.39, 0.29) is 37.7 Å². The highest BCUT2D eigenvalue weighted by atomic mass is 16.4. The highest BCUT2D eigenvalue weighted by molar-refractivity contribution is 6.13. The third-order valence-corrected chi connectivity index (χ3v) is 6.94. The number of imide groups is 1. The van der Waals surface area contributed by atoms with Gasteiger partial charge in [0.05, 0.1) is 12.2 Å². The summed E-state index contributed by atoms with van der Waals surface area (Å²) in [4.78, 5) is 60.7. The summed E-state index contributed by atoms with van der Waals surface area (Å²) in [6.07, 6.45) is 9.86. The number of carboxylic acid groups (broad SMARTS) is 1. The van der Waals surface area contributed by atoms with Crippen molar-refractivity contribution in [2.45, 2.75) is 65.8 Å². The van der Waals surface area contributed by atoms with Crippen LogP contribution in [0.2, 0.25) is 0 Å². The molecule has 4 rings (SSSR count). The van der Waals surface area contributed by atoms with Gasteiger partial charge in [0.2, 0.25) is 11.8 Å². The number of carboxylic acids is 1. The normalized spacial score (nSPS) is 13.6. The first-order valence-electron chi connectivity index (χ1n) is 14.9. The van der Waals surface area contributed by atoms with Crippen LogP contribution in [-0.2, 0) is 30.5 Å². The van der Waals surface area contributed by atoms with Gasteiger partial charge in [-0.25, -0.2) is 0 Å². The summed E-state index contributed by atoms with van der Waals surface area (Å²) < 4.78 is 0. The SMILES string of the molecule is C=C(CC)CC.CCCC(=O)O.O=C(CCN1C(=O)C=CC1=O)NCCC(=O)N1Cc2ccccc2/C=C\c2ccccc21. The van der Waals surface area contributed by atoms with E-state index in [1.165, 1.54) is 17.7 Å². The van der Waals surface area contributed by atoms with Gasteiger partial charge in [0.15, 0.2) is 0 Å². The molecule has 0 saturated carbocycles. The van der Waals surface area contributed by atoms with E-state index >= 15 is 0 Å². The fourth-order valence-corrected chi connectivity index (χ4v) is 4.23. The van der Waals surface area contributed by atoms with Crippen LogP contribution in [0.4, 0.5) is 5.69 Å². The number of allylic oxidation sites excluding steroid dienone is 1. The van der Waals surface area contributed by atoms with Crippen molar-refractivity contribution in [2.24, 2.45) is 0 Å². The van der Waals surface area contributed by atoms with Crippen LogP contribution in [0.3, 0.4) is 0 Å². The van der Waals surface area contributed by atoms with Crippen molar-refractivity contribution in [3.63, 3.8) is 0 Å². The molecule has 234 valence electrons. The Morgan fingerprint density at radius 1 is 0.818 bits per heavy atom. The maximum absolute atomic E-state index is 13.1. The quantitative estimate of drug-likeness (QED) is 0.264. The van der Waals surface area contributed by atoms with Crippen molar-refractivity contribution in [3.05, 3.63) is 89.5 Å². The summed E-state index contributed by atoms with van der Waals surface area (Å²) in [6, 6.07) is 15.7. The van der Waals surface area contributed by atoms with E-state index in [0.717, 1.165) is 46.5 Å². The molecule has 2 aliphatic heterocycles. The molecule has 2 aromatic carbocycles. The predicted molar refractivity (Wildman–Crippen MR) is 173 cm³/mol. The van der Waals surface area contributed by atoms with E-state index in [0.29, 0.717) is 13.0 Å². The Labute approximate surface area is 259 Å². The number of benzene rings is 2. The molecule has 2 heterocycles. The van der Waals surface area contributed by atoms with Crippen molar-refractivity contribution >= 4 is 47.4 Å². The van der Waals surface area contributed by atoms with Crippen LogP contribution in [0.15, 0.2) is 72.8 Å². The number of para-hydroxylation sites is 1. The van der Waals surface area contributed by atoms with Gasteiger partial charge in [-0.15, -0.1) is 0 Å². The van der Waals surface area contributed by atoms with Gasteiger partial charge in [0.25, 0.3) is 11.8 Å². The minimum atomic E-state index is -0.711. The monoisotopic (exact) mass is 601 g/mol. The van der Waals surface area contributed by atoms with E-state index in [2.05, 4.69) is 31.8 Å². The molecule has 2 aromatic rings. The molecule has 0 bridgehead atoms. The number of rotatable bonds is 10. The standard InChI is InChI=1S/C25H23N3O4.C6H12.C4H8O2/c29-22(14-16-27-23(30)11-12-24(27)31)26-15-13-25(32)28-17-20-7-2-1-5-18(20)9-10-19-6-3-4-8-21(19)28;1-4-6(3)5-2;1-2-3-4(5)6/h1-12H,13-17H2,(H,26,29);3-5H2,1-2H3;2-3H2,1H3,(H,5,6)/b10-9-;;. The third-order valence-electron chi connectivity index (χ3n) is 6.94. The largest absolute Gasteiger partial charge is 0.481 e. The van der Waals surface area contributed by atoms with Gasteiger partial charge in [-0.1, -0.05) is 87.5 Å². The topological polar surface area (TPSA) is 124 Å². The number of hydrogen-bond donors (Lipinski definition) is 2. The fourth-order valence-electron chi connectivity index (χ4n) is 4.23. The average Bonchev–Trinajstić information content (AvgIpc) is 3.33. The Hall–Kier alpha value is -4.79. The number of carbonyl (C=O) groups excluding carboxylic acids is 4. The molecule has 0 aromatic heterocycles. The minimum absolute atomic E-state index is 0.00192.